The predicted molar refractivity (Wildman–Crippen MR) is 161 cm³/mol. The fraction of sp³-hybridized carbons (Fsp3) is 0.0938. The molecule has 0 unspecified atom stereocenters. The Labute approximate surface area is 246 Å². The number of hydrogen-bond acceptors (Lipinski definition) is 8. The van der Waals surface area contributed by atoms with Crippen molar-refractivity contribution in [2.75, 3.05) is 5.32 Å². The molecule has 10 heteroatoms. The van der Waals surface area contributed by atoms with E-state index in [4.69, 9.17) is 26.6 Å². The van der Waals surface area contributed by atoms with Crippen LogP contribution in [0.15, 0.2) is 91.5 Å². The first-order valence-corrected chi connectivity index (χ1v) is 13.5. The number of anilines is 2. The van der Waals surface area contributed by atoms with E-state index in [2.05, 4.69) is 26.3 Å². The standard InChI is InChI=1S/C32H24ClN7O2/c1-20-14-25(24-10-12-35-13-11-24)15-27(33)29(20)42-31-28-30(36-19-40(28)17-22-2-4-23(18-41)5-3-22)38-32(39-31)37-26-8-6-21(16-34)7-9-26/h2-15,19,41H,17-18H2,1H3,(H,37,38,39). The lowest BCUT2D eigenvalue weighted by Gasteiger charge is -2.15. The van der Waals surface area contributed by atoms with Crippen LogP contribution in [0.1, 0.15) is 22.3 Å². The predicted octanol–water partition coefficient (Wildman–Crippen LogP) is 6.80. The van der Waals surface area contributed by atoms with Crippen LogP contribution in [-0.2, 0) is 13.2 Å². The number of pyridine rings is 1. The van der Waals surface area contributed by atoms with Gasteiger partial charge in [0.05, 0.1) is 29.6 Å². The summed E-state index contributed by atoms with van der Waals surface area (Å²) < 4.78 is 8.38. The molecule has 0 spiro atoms. The van der Waals surface area contributed by atoms with Gasteiger partial charge in [0.15, 0.2) is 16.9 Å². The first kappa shape index (κ1) is 26.9. The molecule has 0 radical (unpaired) electrons. The third-order valence-electron chi connectivity index (χ3n) is 6.71. The van der Waals surface area contributed by atoms with Gasteiger partial charge in [-0.05, 0) is 83.3 Å². The van der Waals surface area contributed by atoms with E-state index in [9.17, 15) is 5.11 Å². The number of nitriles is 1. The molecule has 0 amide bonds. The normalized spacial score (nSPS) is 10.9. The maximum Gasteiger partial charge on any atom is 0.250 e. The Bertz CT molecular complexity index is 1890. The van der Waals surface area contributed by atoms with Crippen molar-refractivity contribution in [3.05, 3.63) is 119 Å². The topological polar surface area (TPSA) is 122 Å². The molecule has 0 saturated heterocycles. The Hall–Kier alpha value is -5.30. The third-order valence-corrected chi connectivity index (χ3v) is 6.99. The zero-order chi connectivity index (χ0) is 29.1. The van der Waals surface area contributed by atoms with E-state index in [0.29, 0.717) is 39.7 Å². The quantitative estimate of drug-likeness (QED) is 0.204. The molecule has 0 atom stereocenters. The highest BCUT2D eigenvalue weighted by atomic mass is 35.5. The van der Waals surface area contributed by atoms with Crippen molar-refractivity contribution in [1.29, 1.82) is 5.26 Å². The first-order chi connectivity index (χ1) is 20.5. The number of benzene rings is 3. The van der Waals surface area contributed by atoms with Crippen LogP contribution < -0.4 is 10.1 Å². The van der Waals surface area contributed by atoms with Crippen LogP contribution >= 0.6 is 11.6 Å². The molecule has 0 fully saturated rings. The van der Waals surface area contributed by atoms with Crippen LogP contribution in [0.5, 0.6) is 11.6 Å². The lowest BCUT2D eigenvalue weighted by molar-refractivity contribution is 0.282. The summed E-state index contributed by atoms with van der Waals surface area (Å²) in [5.74, 6) is 1.03. The number of fused-ring (bicyclic) bond motifs is 1. The maximum absolute atomic E-state index is 9.41. The summed E-state index contributed by atoms with van der Waals surface area (Å²) in [5.41, 5.74) is 6.89. The zero-order valence-electron chi connectivity index (χ0n) is 22.5. The Morgan fingerprint density at radius 3 is 2.38 bits per heavy atom. The zero-order valence-corrected chi connectivity index (χ0v) is 23.2. The van der Waals surface area contributed by atoms with Gasteiger partial charge in [-0.15, -0.1) is 0 Å². The first-order valence-electron chi connectivity index (χ1n) is 13.1. The van der Waals surface area contributed by atoms with Crippen molar-refractivity contribution < 1.29 is 9.84 Å². The fourth-order valence-corrected chi connectivity index (χ4v) is 4.87. The molecule has 0 aliphatic rings. The van der Waals surface area contributed by atoms with Gasteiger partial charge in [0.2, 0.25) is 5.95 Å². The van der Waals surface area contributed by atoms with Gasteiger partial charge >= 0.3 is 0 Å². The minimum Gasteiger partial charge on any atom is -0.435 e. The van der Waals surface area contributed by atoms with Crippen LogP contribution in [0.25, 0.3) is 22.3 Å². The summed E-state index contributed by atoms with van der Waals surface area (Å²) in [6.45, 7) is 2.40. The van der Waals surface area contributed by atoms with Crippen molar-refractivity contribution in [1.82, 2.24) is 24.5 Å². The van der Waals surface area contributed by atoms with Gasteiger partial charge in [-0.3, -0.25) is 4.98 Å². The average molecular weight is 574 g/mol. The van der Waals surface area contributed by atoms with E-state index >= 15 is 0 Å². The molecule has 0 saturated carbocycles. The van der Waals surface area contributed by atoms with Crippen LogP contribution in [0.2, 0.25) is 5.02 Å². The highest BCUT2D eigenvalue weighted by molar-refractivity contribution is 6.32. The van der Waals surface area contributed by atoms with Crippen molar-refractivity contribution in [2.45, 2.75) is 20.1 Å². The third kappa shape index (κ3) is 5.63. The Kier molecular flexibility index (Phi) is 7.47. The number of halogens is 1. The fourth-order valence-electron chi connectivity index (χ4n) is 4.57. The second-order valence-corrected chi connectivity index (χ2v) is 10.0. The van der Waals surface area contributed by atoms with E-state index in [0.717, 1.165) is 27.8 Å². The number of rotatable bonds is 8. The SMILES string of the molecule is Cc1cc(-c2ccncc2)cc(Cl)c1Oc1nc(Nc2ccc(C#N)cc2)nc2ncn(Cc3ccc(CO)cc3)c12. The van der Waals surface area contributed by atoms with E-state index < -0.39 is 0 Å². The number of hydrogen-bond donors (Lipinski definition) is 2. The molecule has 9 nitrogen and oxygen atoms in total. The molecule has 2 N–H and O–H groups in total. The minimum atomic E-state index is -0.0187. The van der Waals surface area contributed by atoms with E-state index in [1.165, 1.54) is 0 Å². The summed E-state index contributed by atoms with van der Waals surface area (Å²) in [4.78, 5) is 18.0. The van der Waals surface area contributed by atoms with Crippen LogP contribution in [0, 0.1) is 18.3 Å². The van der Waals surface area contributed by atoms with E-state index in [1.54, 1.807) is 43.0 Å². The van der Waals surface area contributed by atoms with Crippen LogP contribution in [0.3, 0.4) is 0 Å². The second-order valence-electron chi connectivity index (χ2n) is 9.63. The molecule has 3 aromatic heterocycles. The molecule has 206 valence electrons. The number of nitrogens with zero attached hydrogens (tertiary/aromatic N) is 6. The second kappa shape index (κ2) is 11.7. The minimum absolute atomic E-state index is 0.0187. The Balaban J connectivity index is 1.41. The van der Waals surface area contributed by atoms with Crippen LogP contribution in [0.4, 0.5) is 11.6 Å². The lowest BCUT2D eigenvalue weighted by Crippen LogP contribution is -2.04. The molecule has 0 aliphatic carbocycles. The number of nitrogens with one attached hydrogen (secondary N) is 1. The van der Waals surface area contributed by atoms with Crippen molar-refractivity contribution in [3.8, 4) is 28.8 Å². The summed E-state index contributed by atoms with van der Waals surface area (Å²) in [7, 11) is 0. The average Bonchev–Trinajstić information content (AvgIpc) is 3.42. The molecular weight excluding hydrogens is 550 g/mol. The molecule has 0 aliphatic heterocycles. The van der Waals surface area contributed by atoms with Crippen LogP contribution in [-0.4, -0.2) is 29.6 Å². The van der Waals surface area contributed by atoms with Crippen molar-refractivity contribution in [3.63, 3.8) is 0 Å². The molecule has 6 rings (SSSR count). The number of aryl methyl sites for hydroxylation is 1. The Morgan fingerprint density at radius 2 is 1.69 bits per heavy atom. The van der Waals surface area contributed by atoms with Gasteiger partial charge in [-0.1, -0.05) is 35.9 Å². The summed E-state index contributed by atoms with van der Waals surface area (Å²) in [6.07, 6.45) is 5.17. The number of ether oxygens (including phenoxy) is 1. The smallest absolute Gasteiger partial charge is 0.250 e. The number of imidazole rings is 1. The summed E-state index contributed by atoms with van der Waals surface area (Å²) in [5, 5.41) is 22.1. The molecule has 3 heterocycles. The Morgan fingerprint density at radius 1 is 0.952 bits per heavy atom. The number of aliphatic hydroxyl groups is 1. The van der Waals surface area contributed by atoms with Crippen molar-refractivity contribution >= 4 is 34.4 Å². The van der Waals surface area contributed by atoms with Gasteiger partial charge in [0.25, 0.3) is 5.88 Å². The highest BCUT2D eigenvalue weighted by Gasteiger charge is 2.19. The van der Waals surface area contributed by atoms with Crippen molar-refractivity contribution in [2.24, 2.45) is 0 Å². The summed E-state index contributed by atoms with van der Waals surface area (Å²) in [6, 6.07) is 24.5. The van der Waals surface area contributed by atoms with Gasteiger partial charge in [-0.25, -0.2) is 4.98 Å². The van der Waals surface area contributed by atoms with E-state index in [1.807, 2.05) is 60.0 Å². The van der Waals surface area contributed by atoms with Gasteiger partial charge < -0.3 is 19.7 Å². The summed E-state index contributed by atoms with van der Waals surface area (Å²) >= 11 is 6.79. The monoisotopic (exact) mass is 573 g/mol. The largest absolute Gasteiger partial charge is 0.435 e. The van der Waals surface area contributed by atoms with E-state index in [-0.39, 0.29) is 18.4 Å². The molecule has 42 heavy (non-hydrogen) atoms. The molecule has 6 aromatic rings. The van der Waals surface area contributed by atoms with Gasteiger partial charge in [0, 0.05) is 24.6 Å². The number of aliphatic hydroxyl groups excluding tert-OH is 1. The lowest BCUT2D eigenvalue weighted by atomic mass is 10.0. The van der Waals surface area contributed by atoms with Gasteiger partial charge in [0.1, 0.15) is 0 Å². The number of aromatic nitrogens is 5. The molecule has 3 aromatic carbocycles. The highest BCUT2D eigenvalue weighted by Crippen LogP contribution is 2.38. The molecular formula is C32H24ClN7O2. The van der Waals surface area contributed by atoms with Gasteiger partial charge in [-0.2, -0.15) is 15.2 Å². The maximum atomic E-state index is 9.41. The molecule has 0 bridgehead atoms.